The molecule has 4 aliphatic carbocycles. The Kier molecular flexibility index (Phi) is 9.04. The number of fused-ring (bicyclic) bond motifs is 5. The molecule has 0 aliphatic heterocycles. The molecule has 5 rings (SSSR count). The Hall–Kier alpha value is -3.14. The minimum atomic E-state index is -1.31. The van der Waals surface area contributed by atoms with E-state index < -0.39 is 76.1 Å². The standard InChI is InChI=1S/C37H52O10/c1-19(2)32(41)33(42)47-30-15-26-34(6,7)28(44-20(3)38)17-31(46-22(5)40)37(26,10)27-16-29(45-21(4)39)35(8)24(23-13-14-43-18-23)11-12-25(35)36(27,30)9/h12-14,18-19,24,26-32,41H,11,15-17H2,1-10H3/t24-,26+,27-,28-,29-,30+,31+,32+,35+,36+,37+/m1/s1. The van der Waals surface area contributed by atoms with Crippen molar-refractivity contribution in [2.45, 2.75) is 131 Å². The van der Waals surface area contributed by atoms with Crippen LogP contribution in [0.15, 0.2) is 34.7 Å². The first-order chi connectivity index (χ1) is 21.8. The van der Waals surface area contributed by atoms with E-state index in [0.29, 0.717) is 25.7 Å². The molecular formula is C37H52O10. The zero-order valence-electron chi connectivity index (χ0n) is 29.5. The van der Waals surface area contributed by atoms with Crippen LogP contribution in [0.3, 0.4) is 0 Å². The third-order valence-electron chi connectivity index (χ3n) is 12.8. The summed E-state index contributed by atoms with van der Waals surface area (Å²) in [6, 6.07) is 1.94. The van der Waals surface area contributed by atoms with E-state index in [1.165, 1.54) is 20.8 Å². The quantitative estimate of drug-likeness (QED) is 0.214. The first-order valence-electron chi connectivity index (χ1n) is 16.9. The fourth-order valence-electron chi connectivity index (χ4n) is 10.5. The third kappa shape index (κ3) is 5.42. The van der Waals surface area contributed by atoms with Gasteiger partial charge in [0.15, 0.2) is 6.10 Å². The lowest BCUT2D eigenvalue weighted by atomic mass is 9.36. The van der Waals surface area contributed by atoms with Crippen LogP contribution in [0.5, 0.6) is 0 Å². The monoisotopic (exact) mass is 656 g/mol. The van der Waals surface area contributed by atoms with E-state index >= 15 is 0 Å². The molecule has 10 nitrogen and oxygen atoms in total. The molecule has 0 amide bonds. The van der Waals surface area contributed by atoms with Crippen molar-refractivity contribution in [2.75, 3.05) is 0 Å². The third-order valence-corrected chi connectivity index (χ3v) is 12.8. The van der Waals surface area contributed by atoms with Crippen LogP contribution in [0.25, 0.3) is 0 Å². The first kappa shape index (κ1) is 35.2. The second-order valence-corrected chi connectivity index (χ2v) is 15.9. The minimum Gasteiger partial charge on any atom is -0.472 e. The molecule has 1 heterocycles. The van der Waals surface area contributed by atoms with E-state index in [2.05, 4.69) is 40.7 Å². The molecule has 0 radical (unpaired) electrons. The van der Waals surface area contributed by atoms with Crippen molar-refractivity contribution < 1.29 is 47.6 Å². The number of rotatable bonds is 7. The summed E-state index contributed by atoms with van der Waals surface area (Å²) in [6.45, 7) is 18.2. The van der Waals surface area contributed by atoms with Crippen LogP contribution in [0.1, 0.15) is 106 Å². The van der Waals surface area contributed by atoms with Crippen LogP contribution >= 0.6 is 0 Å². The number of carbonyl (C=O) groups is 4. The summed E-state index contributed by atoms with van der Waals surface area (Å²) in [6.07, 6.45) is 3.58. The molecule has 1 aromatic rings. The van der Waals surface area contributed by atoms with Crippen molar-refractivity contribution in [3.63, 3.8) is 0 Å². The molecule has 11 atom stereocenters. The van der Waals surface area contributed by atoms with Gasteiger partial charge in [-0.3, -0.25) is 14.4 Å². The summed E-state index contributed by atoms with van der Waals surface area (Å²) in [5.74, 6) is -2.95. The smallest absolute Gasteiger partial charge is 0.335 e. The molecule has 0 unspecified atom stereocenters. The molecule has 1 aromatic heterocycles. The summed E-state index contributed by atoms with van der Waals surface area (Å²) in [5.41, 5.74) is -0.800. The number of hydrogen-bond acceptors (Lipinski definition) is 10. The minimum absolute atomic E-state index is 0.0677. The van der Waals surface area contributed by atoms with Crippen molar-refractivity contribution in [1.82, 2.24) is 0 Å². The largest absolute Gasteiger partial charge is 0.472 e. The maximum absolute atomic E-state index is 13.6. The lowest BCUT2D eigenvalue weighted by Gasteiger charge is -2.70. The number of hydrogen-bond donors (Lipinski definition) is 1. The van der Waals surface area contributed by atoms with Crippen LogP contribution in [0.2, 0.25) is 0 Å². The van der Waals surface area contributed by atoms with Gasteiger partial charge in [-0.25, -0.2) is 4.79 Å². The summed E-state index contributed by atoms with van der Waals surface area (Å²) in [7, 11) is 0. The maximum atomic E-state index is 13.6. The molecule has 0 saturated heterocycles. The highest BCUT2D eigenvalue weighted by Gasteiger charge is 2.74. The summed E-state index contributed by atoms with van der Waals surface area (Å²) in [5, 5.41) is 10.8. The molecule has 0 aromatic carbocycles. The Labute approximate surface area is 277 Å². The van der Waals surface area contributed by atoms with Crippen molar-refractivity contribution in [3.05, 3.63) is 35.8 Å². The zero-order chi connectivity index (χ0) is 34.9. The summed E-state index contributed by atoms with van der Waals surface area (Å²) in [4.78, 5) is 51.4. The maximum Gasteiger partial charge on any atom is 0.335 e. The van der Waals surface area contributed by atoms with Crippen molar-refractivity contribution in [3.8, 4) is 0 Å². The zero-order valence-corrected chi connectivity index (χ0v) is 29.5. The van der Waals surface area contributed by atoms with E-state index in [0.717, 1.165) is 11.1 Å². The fourth-order valence-corrected chi connectivity index (χ4v) is 10.5. The molecule has 0 spiro atoms. The normalized spacial score (nSPS) is 39.4. The molecule has 4 aliphatic rings. The van der Waals surface area contributed by atoms with Crippen LogP contribution in [-0.4, -0.2) is 59.5 Å². The number of esters is 4. The van der Waals surface area contributed by atoms with Gasteiger partial charge < -0.3 is 28.5 Å². The van der Waals surface area contributed by atoms with Crippen LogP contribution < -0.4 is 0 Å². The first-order valence-corrected chi connectivity index (χ1v) is 16.9. The van der Waals surface area contributed by atoms with Crippen LogP contribution in [0.4, 0.5) is 0 Å². The van der Waals surface area contributed by atoms with Crippen molar-refractivity contribution in [1.29, 1.82) is 0 Å². The second kappa shape index (κ2) is 12.1. The van der Waals surface area contributed by atoms with Gasteiger partial charge in [-0.1, -0.05) is 60.1 Å². The molecule has 0 bridgehead atoms. The van der Waals surface area contributed by atoms with Crippen LogP contribution in [-0.2, 0) is 38.1 Å². The molecule has 3 fully saturated rings. The Morgan fingerprint density at radius 1 is 0.787 bits per heavy atom. The molecule has 1 N–H and O–H groups in total. The lowest BCUT2D eigenvalue weighted by Crippen LogP contribution is -2.72. The fraction of sp³-hybridized carbons (Fsp3) is 0.730. The molecule has 260 valence electrons. The lowest BCUT2D eigenvalue weighted by molar-refractivity contribution is -0.270. The Balaban J connectivity index is 1.74. The predicted molar refractivity (Wildman–Crippen MR) is 170 cm³/mol. The Morgan fingerprint density at radius 3 is 1.89 bits per heavy atom. The Bertz CT molecular complexity index is 1430. The highest BCUT2D eigenvalue weighted by Crippen LogP contribution is 2.74. The van der Waals surface area contributed by atoms with Crippen LogP contribution in [0, 0.1) is 39.4 Å². The summed E-state index contributed by atoms with van der Waals surface area (Å²) >= 11 is 0. The van der Waals surface area contributed by atoms with Gasteiger partial charge in [-0.15, -0.1) is 0 Å². The number of aliphatic hydroxyl groups is 1. The van der Waals surface area contributed by atoms with E-state index in [1.54, 1.807) is 26.4 Å². The second-order valence-electron chi connectivity index (χ2n) is 15.9. The van der Waals surface area contributed by atoms with Gasteiger partial charge in [-0.2, -0.15) is 0 Å². The van der Waals surface area contributed by atoms with Gasteiger partial charge in [0.1, 0.15) is 24.4 Å². The average molecular weight is 657 g/mol. The van der Waals surface area contributed by atoms with Crippen molar-refractivity contribution in [2.24, 2.45) is 39.4 Å². The number of aliphatic hydroxyl groups excluding tert-OH is 1. The van der Waals surface area contributed by atoms with Crippen molar-refractivity contribution >= 4 is 23.9 Å². The molecular weight excluding hydrogens is 604 g/mol. The molecule has 3 saturated carbocycles. The average Bonchev–Trinajstić information content (AvgIpc) is 3.61. The van der Waals surface area contributed by atoms with Gasteiger partial charge in [-0.05, 0) is 48.6 Å². The number of ether oxygens (including phenoxy) is 4. The van der Waals surface area contributed by atoms with E-state index in [4.69, 9.17) is 23.4 Å². The Morgan fingerprint density at radius 2 is 1.34 bits per heavy atom. The molecule has 47 heavy (non-hydrogen) atoms. The van der Waals surface area contributed by atoms with E-state index in [9.17, 15) is 24.3 Å². The number of allylic oxidation sites excluding steroid dienone is 1. The SMILES string of the molecule is CC(=O)O[C@H]1C[C@@H](OC(C)=O)C(C)(C)[C@@H]2C[C@H](OC(=O)[C@@H](O)C(C)C)[C@@]3(C)C4=CC[C@H](c5ccoc5)[C@]4(C)[C@H](OC(C)=O)C[C@H]3[C@@]12C. The van der Waals surface area contributed by atoms with E-state index in [-0.39, 0.29) is 23.7 Å². The summed E-state index contributed by atoms with van der Waals surface area (Å²) < 4.78 is 30.3. The number of furan rings is 1. The number of carbonyl (C=O) groups excluding carboxylic acids is 4. The topological polar surface area (TPSA) is 139 Å². The molecule has 10 heteroatoms. The van der Waals surface area contributed by atoms with Gasteiger partial charge in [0.25, 0.3) is 0 Å². The van der Waals surface area contributed by atoms with Gasteiger partial charge in [0, 0.05) is 54.8 Å². The van der Waals surface area contributed by atoms with E-state index in [1.807, 2.05) is 6.07 Å². The van der Waals surface area contributed by atoms with Gasteiger partial charge >= 0.3 is 23.9 Å². The predicted octanol–water partition coefficient (Wildman–Crippen LogP) is 5.91. The van der Waals surface area contributed by atoms with Gasteiger partial charge in [0.2, 0.25) is 0 Å². The highest BCUT2D eigenvalue weighted by molar-refractivity contribution is 5.75. The highest BCUT2D eigenvalue weighted by atomic mass is 16.6. The van der Waals surface area contributed by atoms with Gasteiger partial charge in [0.05, 0.1) is 12.5 Å².